The fourth-order valence-corrected chi connectivity index (χ4v) is 0.791. The van der Waals surface area contributed by atoms with Gasteiger partial charge in [-0.3, -0.25) is 4.79 Å². The zero-order valence-corrected chi connectivity index (χ0v) is 9.40. The summed E-state index contributed by atoms with van der Waals surface area (Å²) in [5, 5.41) is 3.48. The summed E-state index contributed by atoms with van der Waals surface area (Å²) in [6, 6.07) is 0. The largest absolute Gasteiger partial charge is 0.464 e. The molecule has 0 aromatic rings. The molecule has 0 saturated heterocycles. The van der Waals surface area contributed by atoms with E-state index in [4.69, 9.17) is 4.74 Å². The summed E-state index contributed by atoms with van der Waals surface area (Å²) in [6.07, 6.45) is 0. The summed E-state index contributed by atoms with van der Waals surface area (Å²) in [5.74, 6) is -0.217. The van der Waals surface area contributed by atoms with Gasteiger partial charge in [-0.15, -0.1) is 0 Å². The lowest BCUT2D eigenvalue weighted by atomic mass is 10.1. The van der Waals surface area contributed by atoms with Gasteiger partial charge in [-0.2, -0.15) is 0 Å². The first-order valence-electron chi connectivity index (χ1n) is 3.92. The Morgan fingerprint density at radius 2 is 2.08 bits per heavy atom. The van der Waals surface area contributed by atoms with Crippen molar-refractivity contribution in [2.24, 2.45) is 0 Å². The Kier molecular flexibility index (Phi) is 5.50. The molecule has 0 amide bonds. The molecule has 0 aliphatic carbocycles. The predicted octanol–water partition coefficient (Wildman–Crippen LogP) is 1.31. The van der Waals surface area contributed by atoms with E-state index >= 15 is 0 Å². The van der Waals surface area contributed by atoms with E-state index in [0.717, 1.165) is 0 Å². The van der Waals surface area contributed by atoms with Crippen molar-refractivity contribution in [1.29, 1.82) is 0 Å². The first kappa shape index (κ1) is 11.9. The third-order valence-corrected chi connectivity index (χ3v) is 1.59. The van der Waals surface area contributed by atoms with Crippen LogP contribution in [0.4, 0.5) is 0 Å². The zero-order valence-electron chi connectivity index (χ0n) is 7.82. The summed E-state index contributed by atoms with van der Waals surface area (Å²) in [7, 11) is 0. The van der Waals surface area contributed by atoms with Crippen LogP contribution in [0.1, 0.15) is 20.8 Å². The number of carbonyl (C=O) groups is 1. The summed E-state index contributed by atoms with van der Waals surface area (Å²) >= 11 is 3.01. The minimum Gasteiger partial charge on any atom is -0.464 e. The van der Waals surface area contributed by atoms with Gasteiger partial charge in [-0.25, -0.2) is 0 Å². The van der Waals surface area contributed by atoms with Crippen LogP contribution in [0.2, 0.25) is 0 Å². The maximum atomic E-state index is 10.6. The van der Waals surface area contributed by atoms with Gasteiger partial charge in [0.15, 0.2) is 0 Å². The lowest BCUT2D eigenvalue weighted by Crippen LogP contribution is -2.38. The summed E-state index contributed by atoms with van der Waals surface area (Å²) < 4.78 is 4.84. The maximum absolute atomic E-state index is 10.6. The van der Waals surface area contributed by atoms with Crippen LogP contribution in [0.15, 0.2) is 0 Å². The molecule has 0 spiro atoms. The molecule has 0 aromatic heterocycles. The monoisotopic (exact) mass is 237 g/mol. The fraction of sp³-hybridized carbons (Fsp3) is 0.875. The van der Waals surface area contributed by atoms with Crippen molar-refractivity contribution in [2.75, 3.05) is 18.5 Å². The van der Waals surface area contributed by atoms with Crippen molar-refractivity contribution < 1.29 is 9.53 Å². The fourth-order valence-electron chi connectivity index (χ4n) is 0.629. The van der Waals surface area contributed by atoms with Gasteiger partial charge in [0.25, 0.3) is 0 Å². The number of ether oxygens (including phenoxy) is 1. The van der Waals surface area contributed by atoms with E-state index in [1.54, 1.807) is 0 Å². The van der Waals surface area contributed by atoms with Gasteiger partial charge in [0.05, 0.1) is 0 Å². The second kappa shape index (κ2) is 5.54. The lowest BCUT2D eigenvalue weighted by Gasteiger charge is -2.20. The van der Waals surface area contributed by atoms with Gasteiger partial charge >= 0.3 is 5.97 Å². The van der Waals surface area contributed by atoms with Gasteiger partial charge in [0, 0.05) is 12.1 Å². The molecule has 0 unspecified atom stereocenters. The highest BCUT2D eigenvalue weighted by Crippen LogP contribution is 1.96. The quantitative estimate of drug-likeness (QED) is 0.456. The smallest absolute Gasteiger partial charge is 0.316 e. The van der Waals surface area contributed by atoms with Crippen LogP contribution in [0.5, 0.6) is 0 Å². The molecule has 0 radical (unpaired) electrons. The molecule has 0 fully saturated rings. The highest BCUT2D eigenvalue weighted by Gasteiger charge is 2.07. The van der Waals surface area contributed by atoms with Crippen LogP contribution in [0.25, 0.3) is 0 Å². The lowest BCUT2D eigenvalue weighted by molar-refractivity contribution is -0.140. The highest BCUT2D eigenvalue weighted by atomic mass is 79.9. The van der Waals surface area contributed by atoms with Crippen molar-refractivity contribution >= 4 is 21.9 Å². The SMILES string of the molecule is CC(C)(C)NCCOC(=O)CBr. The Bertz CT molecular complexity index is 142. The van der Waals surface area contributed by atoms with E-state index in [9.17, 15) is 4.79 Å². The van der Waals surface area contributed by atoms with Crippen LogP contribution in [0, 0.1) is 0 Å². The van der Waals surface area contributed by atoms with Crippen molar-refractivity contribution in [3.05, 3.63) is 0 Å². The van der Waals surface area contributed by atoms with Crippen molar-refractivity contribution in [3.8, 4) is 0 Å². The van der Waals surface area contributed by atoms with Crippen LogP contribution in [-0.2, 0) is 9.53 Å². The molecule has 3 nitrogen and oxygen atoms in total. The van der Waals surface area contributed by atoms with Gasteiger partial charge < -0.3 is 10.1 Å². The molecule has 72 valence electrons. The van der Waals surface area contributed by atoms with Crippen LogP contribution in [-0.4, -0.2) is 30.0 Å². The molecular formula is C8H16BrNO2. The number of rotatable bonds is 4. The average Bonchev–Trinajstić information content (AvgIpc) is 1.96. The second-order valence-corrected chi connectivity index (χ2v) is 4.09. The molecule has 0 atom stereocenters. The van der Waals surface area contributed by atoms with E-state index in [1.165, 1.54) is 0 Å². The van der Waals surface area contributed by atoms with E-state index in [2.05, 4.69) is 42.0 Å². The number of nitrogens with one attached hydrogen (secondary N) is 1. The van der Waals surface area contributed by atoms with Crippen LogP contribution >= 0.6 is 15.9 Å². The standard InChI is InChI=1S/C8H16BrNO2/c1-8(2,3)10-4-5-12-7(11)6-9/h10H,4-6H2,1-3H3. The Hall–Kier alpha value is -0.0900. The zero-order chi connectivity index (χ0) is 9.61. The van der Waals surface area contributed by atoms with E-state index in [-0.39, 0.29) is 16.8 Å². The molecule has 12 heavy (non-hydrogen) atoms. The van der Waals surface area contributed by atoms with E-state index in [1.807, 2.05) is 0 Å². The van der Waals surface area contributed by atoms with Crippen LogP contribution in [0.3, 0.4) is 0 Å². The summed E-state index contributed by atoms with van der Waals surface area (Å²) in [5.41, 5.74) is 0.0841. The molecule has 0 bridgehead atoms. The van der Waals surface area contributed by atoms with Gasteiger partial charge in [0.2, 0.25) is 0 Å². The Balaban J connectivity index is 3.28. The normalized spacial score (nSPS) is 11.3. The number of halogens is 1. The number of carbonyl (C=O) groups excluding carboxylic acids is 1. The molecule has 0 aliphatic rings. The number of hydrogen-bond acceptors (Lipinski definition) is 3. The summed E-state index contributed by atoms with van der Waals surface area (Å²) in [4.78, 5) is 10.6. The number of esters is 1. The molecule has 0 saturated carbocycles. The van der Waals surface area contributed by atoms with Gasteiger partial charge in [0.1, 0.15) is 11.9 Å². The van der Waals surface area contributed by atoms with E-state index < -0.39 is 0 Å². The third kappa shape index (κ3) is 8.01. The maximum Gasteiger partial charge on any atom is 0.316 e. The van der Waals surface area contributed by atoms with E-state index in [0.29, 0.717) is 13.2 Å². The molecule has 0 rings (SSSR count). The Morgan fingerprint density at radius 1 is 1.50 bits per heavy atom. The third-order valence-electron chi connectivity index (χ3n) is 1.13. The summed E-state index contributed by atoms with van der Waals surface area (Å²) in [6.45, 7) is 7.34. The topological polar surface area (TPSA) is 38.3 Å². The highest BCUT2D eigenvalue weighted by molar-refractivity contribution is 9.09. The first-order chi connectivity index (χ1) is 5.45. The minimum atomic E-state index is -0.217. The minimum absolute atomic E-state index is 0.0841. The predicted molar refractivity (Wildman–Crippen MR) is 52.5 cm³/mol. The molecular weight excluding hydrogens is 222 g/mol. The van der Waals surface area contributed by atoms with Crippen LogP contribution < -0.4 is 5.32 Å². The average molecular weight is 238 g/mol. The number of alkyl halides is 1. The van der Waals surface area contributed by atoms with Crippen molar-refractivity contribution in [2.45, 2.75) is 26.3 Å². The molecule has 4 heteroatoms. The van der Waals surface area contributed by atoms with Crippen molar-refractivity contribution in [3.63, 3.8) is 0 Å². The Labute approximate surface area is 82.0 Å². The molecule has 0 aliphatic heterocycles. The van der Waals surface area contributed by atoms with Crippen molar-refractivity contribution in [1.82, 2.24) is 5.32 Å². The molecule has 0 aromatic carbocycles. The second-order valence-electron chi connectivity index (χ2n) is 3.53. The van der Waals surface area contributed by atoms with Gasteiger partial charge in [-0.05, 0) is 20.8 Å². The first-order valence-corrected chi connectivity index (χ1v) is 5.04. The molecule has 1 N–H and O–H groups in total. The molecule has 0 heterocycles. The number of hydrogen-bond donors (Lipinski definition) is 1. The Morgan fingerprint density at radius 3 is 2.50 bits per heavy atom. The van der Waals surface area contributed by atoms with Gasteiger partial charge in [-0.1, -0.05) is 15.9 Å².